The van der Waals surface area contributed by atoms with Gasteiger partial charge in [-0.25, -0.2) is 0 Å². The largest absolute Gasteiger partial charge is 0.504 e. The van der Waals surface area contributed by atoms with Crippen LogP contribution in [0.5, 0.6) is 11.5 Å². The lowest BCUT2D eigenvalue weighted by Gasteiger charge is -2.23. The Morgan fingerprint density at radius 3 is 2.86 bits per heavy atom. The van der Waals surface area contributed by atoms with Crippen molar-refractivity contribution >= 4 is 17.7 Å². The second-order valence-electron chi connectivity index (χ2n) is 5.13. The van der Waals surface area contributed by atoms with Crippen molar-refractivity contribution in [2.75, 3.05) is 18.7 Å². The molecule has 0 aliphatic carbocycles. The molecule has 1 saturated heterocycles. The molecule has 2 rings (SSSR count). The number of rotatable bonds is 5. The first kappa shape index (κ1) is 16.0. The molecule has 1 aliphatic rings. The van der Waals surface area contributed by atoms with Gasteiger partial charge in [-0.1, -0.05) is 13.0 Å². The van der Waals surface area contributed by atoms with Gasteiger partial charge >= 0.3 is 5.97 Å². The van der Waals surface area contributed by atoms with Gasteiger partial charge in [0.25, 0.3) is 0 Å². The van der Waals surface area contributed by atoms with E-state index in [0.717, 1.165) is 17.2 Å². The summed E-state index contributed by atoms with van der Waals surface area (Å²) in [5, 5.41) is 12.7. The summed E-state index contributed by atoms with van der Waals surface area (Å²) >= 11 is 1.69. The zero-order valence-corrected chi connectivity index (χ0v) is 13.3. The smallest absolute Gasteiger partial charge is 0.324 e. The Morgan fingerprint density at radius 1 is 1.48 bits per heavy atom. The van der Waals surface area contributed by atoms with Crippen molar-refractivity contribution in [2.45, 2.75) is 31.9 Å². The minimum atomic E-state index is -0.251. The molecule has 0 bridgehead atoms. The number of ether oxygens (including phenoxy) is 2. The standard InChI is InChI=1S/C15H21NO4S/c1-9(11-4-5-13(17)14(6-11)19-3)10(2)20-15(18)12-7-21-8-16-12/h4-6,9-10,12,16-17H,7-8H2,1-3H3. The van der Waals surface area contributed by atoms with E-state index < -0.39 is 0 Å². The van der Waals surface area contributed by atoms with Crippen molar-refractivity contribution in [3.05, 3.63) is 23.8 Å². The number of aromatic hydroxyl groups is 1. The Balaban J connectivity index is 2.01. The highest BCUT2D eigenvalue weighted by Gasteiger charge is 2.27. The minimum Gasteiger partial charge on any atom is -0.504 e. The van der Waals surface area contributed by atoms with Crippen LogP contribution in [0, 0.1) is 0 Å². The lowest BCUT2D eigenvalue weighted by Crippen LogP contribution is -2.37. The summed E-state index contributed by atoms with van der Waals surface area (Å²) in [6.45, 7) is 3.87. The van der Waals surface area contributed by atoms with Gasteiger partial charge in [0.05, 0.1) is 7.11 Å². The molecule has 21 heavy (non-hydrogen) atoms. The molecule has 0 radical (unpaired) electrons. The van der Waals surface area contributed by atoms with Crippen LogP contribution in [0.1, 0.15) is 25.3 Å². The maximum absolute atomic E-state index is 12.0. The average molecular weight is 311 g/mol. The molecule has 116 valence electrons. The summed E-state index contributed by atoms with van der Waals surface area (Å²) in [5.74, 6) is 1.88. The summed E-state index contributed by atoms with van der Waals surface area (Å²) in [6.07, 6.45) is -0.251. The third-order valence-electron chi connectivity index (χ3n) is 3.74. The van der Waals surface area contributed by atoms with Crippen LogP contribution in [-0.4, -0.2) is 42.0 Å². The molecule has 1 fully saturated rings. The molecule has 0 saturated carbocycles. The van der Waals surface area contributed by atoms with Gasteiger partial charge in [0, 0.05) is 17.5 Å². The Morgan fingerprint density at radius 2 is 2.24 bits per heavy atom. The van der Waals surface area contributed by atoms with Crippen LogP contribution in [0.25, 0.3) is 0 Å². The number of carbonyl (C=O) groups excluding carboxylic acids is 1. The lowest BCUT2D eigenvalue weighted by molar-refractivity contribution is -0.150. The summed E-state index contributed by atoms with van der Waals surface area (Å²) in [7, 11) is 1.51. The van der Waals surface area contributed by atoms with Crippen molar-refractivity contribution in [3.63, 3.8) is 0 Å². The topological polar surface area (TPSA) is 67.8 Å². The van der Waals surface area contributed by atoms with Crippen molar-refractivity contribution < 1.29 is 19.4 Å². The molecule has 1 aromatic rings. The van der Waals surface area contributed by atoms with E-state index in [2.05, 4.69) is 5.32 Å². The van der Waals surface area contributed by atoms with Crippen LogP contribution in [-0.2, 0) is 9.53 Å². The highest BCUT2D eigenvalue weighted by atomic mass is 32.2. The molecule has 6 heteroatoms. The van der Waals surface area contributed by atoms with E-state index in [-0.39, 0.29) is 29.8 Å². The van der Waals surface area contributed by atoms with E-state index in [9.17, 15) is 9.90 Å². The Bertz CT molecular complexity index is 502. The number of methoxy groups -OCH3 is 1. The third-order valence-corrected chi connectivity index (χ3v) is 4.68. The molecule has 0 aromatic heterocycles. The number of benzene rings is 1. The number of esters is 1. The average Bonchev–Trinajstić information content (AvgIpc) is 3.01. The van der Waals surface area contributed by atoms with Gasteiger partial charge in [-0.15, -0.1) is 11.8 Å². The zero-order valence-electron chi connectivity index (χ0n) is 12.5. The summed E-state index contributed by atoms with van der Waals surface area (Å²) in [6, 6.07) is 4.97. The summed E-state index contributed by atoms with van der Waals surface area (Å²) in [5.41, 5.74) is 0.957. The Kier molecular flexibility index (Phi) is 5.36. The Hall–Kier alpha value is -1.40. The molecule has 2 N–H and O–H groups in total. The van der Waals surface area contributed by atoms with E-state index in [1.165, 1.54) is 7.11 Å². The van der Waals surface area contributed by atoms with Gasteiger partial charge in [-0.2, -0.15) is 0 Å². The molecular formula is C15H21NO4S. The molecule has 5 nitrogen and oxygen atoms in total. The molecular weight excluding hydrogens is 290 g/mol. The minimum absolute atomic E-state index is 0.0116. The van der Waals surface area contributed by atoms with Crippen LogP contribution < -0.4 is 10.1 Å². The first-order valence-corrected chi connectivity index (χ1v) is 8.07. The summed E-state index contributed by atoms with van der Waals surface area (Å²) in [4.78, 5) is 12.0. The van der Waals surface area contributed by atoms with Gasteiger partial charge in [0.15, 0.2) is 11.5 Å². The molecule has 1 aromatic carbocycles. The predicted molar refractivity (Wildman–Crippen MR) is 82.9 cm³/mol. The highest BCUT2D eigenvalue weighted by molar-refractivity contribution is 7.99. The van der Waals surface area contributed by atoms with Gasteiger partial charge < -0.3 is 14.6 Å². The highest BCUT2D eigenvalue weighted by Crippen LogP contribution is 2.31. The van der Waals surface area contributed by atoms with Crippen molar-refractivity contribution in [1.29, 1.82) is 0 Å². The van der Waals surface area contributed by atoms with Crippen LogP contribution in [0.4, 0.5) is 0 Å². The van der Waals surface area contributed by atoms with Gasteiger partial charge in [-0.3, -0.25) is 10.1 Å². The fraction of sp³-hybridized carbons (Fsp3) is 0.533. The lowest BCUT2D eigenvalue weighted by atomic mass is 9.96. The number of nitrogens with one attached hydrogen (secondary N) is 1. The van der Waals surface area contributed by atoms with Crippen LogP contribution >= 0.6 is 11.8 Å². The van der Waals surface area contributed by atoms with Crippen LogP contribution in [0.2, 0.25) is 0 Å². The summed E-state index contributed by atoms with van der Waals surface area (Å²) < 4.78 is 10.6. The predicted octanol–water partition coefficient (Wildman–Crippen LogP) is 2.10. The van der Waals surface area contributed by atoms with Crippen molar-refractivity contribution in [2.24, 2.45) is 0 Å². The maximum atomic E-state index is 12.0. The van der Waals surface area contributed by atoms with E-state index in [0.29, 0.717) is 5.75 Å². The normalized spacial score (nSPS) is 20.8. The number of hydrogen-bond donors (Lipinski definition) is 2. The number of phenolic OH excluding ortho intramolecular Hbond substituents is 1. The van der Waals surface area contributed by atoms with Crippen LogP contribution in [0.3, 0.4) is 0 Å². The number of hydrogen-bond acceptors (Lipinski definition) is 6. The van der Waals surface area contributed by atoms with E-state index in [4.69, 9.17) is 9.47 Å². The van der Waals surface area contributed by atoms with Crippen molar-refractivity contribution in [1.82, 2.24) is 5.32 Å². The fourth-order valence-electron chi connectivity index (χ4n) is 2.16. The van der Waals surface area contributed by atoms with E-state index in [1.807, 2.05) is 19.9 Å². The van der Waals surface area contributed by atoms with Crippen LogP contribution in [0.15, 0.2) is 18.2 Å². The third kappa shape index (κ3) is 3.83. The van der Waals surface area contributed by atoms with Crippen molar-refractivity contribution in [3.8, 4) is 11.5 Å². The molecule has 3 unspecified atom stereocenters. The molecule has 1 aliphatic heterocycles. The monoisotopic (exact) mass is 311 g/mol. The first-order valence-electron chi connectivity index (χ1n) is 6.91. The molecule has 0 spiro atoms. The molecule has 1 heterocycles. The number of carbonyl (C=O) groups is 1. The van der Waals surface area contributed by atoms with Gasteiger partial charge in [0.2, 0.25) is 0 Å². The fourth-order valence-corrected chi connectivity index (χ4v) is 3.09. The van der Waals surface area contributed by atoms with E-state index >= 15 is 0 Å². The second kappa shape index (κ2) is 7.04. The quantitative estimate of drug-likeness (QED) is 0.812. The zero-order chi connectivity index (χ0) is 15.4. The van der Waals surface area contributed by atoms with E-state index in [1.54, 1.807) is 23.9 Å². The SMILES string of the molecule is COc1cc(C(C)C(C)OC(=O)C2CSCN2)ccc1O. The molecule has 3 atom stereocenters. The maximum Gasteiger partial charge on any atom is 0.324 e. The van der Waals surface area contributed by atoms with Gasteiger partial charge in [-0.05, 0) is 24.6 Å². The number of thioether (sulfide) groups is 1. The Labute approximate surface area is 129 Å². The first-order chi connectivity index (χ1) is 10.0. The second-order valence-corrected chi connectivity index (χ2v) is 6.16. The number of phenols is 1. The molecule has 0 amide bonds. The van der Waals surface area contributed by atoms with Gasteiger partial charge in [0.1, 0.15) is 12.1 Å².